The molecular formula is C8H7NOS. The molecule has 0 radical (unpaired) electrons. The number of hydrogen-bond donors (Lipinski definition) is 1. The molecule has 0 saturated heterocycles. The van der Waals surface area contributed by atoms with Crippen molar-refractivity contribution in [2.45, 2.75) is 6.92 Å². The molecule has 0 atom stereocenters. The Kier molecular flexibility index (Phi) is 2.36. The fraction of sp³-hybridized carbons (Fsp3) is 0.125. The van der Waals surface area contributed by atoms with Gasteiger partial charge in [-0.05, 0) is 42.9 Å². The van der Waals surface area contributed by atoms with Crippen LogP contribution < -0.4 is 0 Å². The molecule has 0 aliphatic rings. The van der Waals surface area contributed by atoms with Crippen molar-refractivity contribution >= 4 is 23.1 Å². The minimum absolute atomic E-state index is 0.241. The number of aliphatic imine (C=N–C) groups is 1. The summed E-state index contributed by atoms with van der Waals surface area (Å²) in [5, 5.41) is 11.3. The number of isothiocyanates is 1. The number of hydrogen-bond acceptors (Lipinski definition) is 3. The molecule has 1 aromatic rings. The molecule has 11 heavy (non-hydrogen) atoms. The number of aryl methyl sites for hydroxylation is 1. The lowest BCUT2D eigenvalue weighted by molar-refractivity contribution is 0.475. The fourth-order valence-corrected chi connectivity index (χ4v) is 0.913. The van der Waals surface area contributed by atoms with Crippen LogP contribution in [0, 0.1) is 6.92 Å². The number of nitrogens with zero attached hydrogens (tertiary/aromatic N) is 1. The molecule has 0 aliphatic carbocycles. The van der Waals surface area contributed by atoms with Crippen LogP contribution in [0.1, 0.15) is 5.56 Å². The summed E-state index contributed by atoms with van der Waals surface area (Å²) < 4.78 is 0. The zero-order chi connectivity index (χ0) is 8.27. The first-order valence-electron chi connectivity index (χ1n) is 3.11. The predicted octanol–water partition coefficient (Wildman–Crippen LogP) is 2.43. The van der Waals surface area contributed by atoms with Crippen LogP contribution in [0.2, 0.25) is 0 Å². The van der Waals surface area contributed by atoms with Crippen molar-refractivity contribution in [3.05, 3.63) is 23.8 Å². The largest absolute Gasteiger partial charge is 0.508 e. The second-order valence-electron chi connectivity index (χ2n) is 2.17. The van der Waals surface area contributed by atoms with Crippen molar-refractivity contribution in [3.63, 3.8) is 0 Å². The van der Waals surface area contributed by atoms with Crippen LogP contribution in [-0.2, 0) is 0 Å². The first-order valence-corrected chi connectivity index (χ1v) is 3.52. The SMILES string of the molecule is Cc1cc(O)ccc1N=C=S. The summed E-state index contributed by atoms with van der Waals surface area (Å²) >= 11 is 4.45. The van der Waals surface area contributed by atoms with Crippen LogP contribution in [-0.4, -0.2) is 10.3 Å². The number of phenolic OH excluding ortho intramolecular Hbond substituents is 1. The summed E-state index contributed by atoms with van der Waals surface area (Å²) in [7, 11) is 0. The molecule has 0 unspecified atom stereocenters. The summed E-state index contributed by atoms with van der Waals surface area (Å²) in [4.78, 5) is 3.80. The molecule has 0 aliphatic heterocycles. The average molecular weight is 165 g/mol. The van der Waals surface area contributed by atoms with Crippen LogP contribution >= 0.6 is 12.2 Å². The normalized spacial score (nSPS) is 8.82. The maximum absolute atomic E-state index is 9.02. The highest BCUT2D eigenvalue weighted by Gasteiger charge is 1.95. The summed E-state index contributed by atoms with van der Waals surface area (Å²) in [5.41, 5.74) is 1.64. The minimum atomic E-state index is 0.241. The molecule has 0 heterocycles. The van der Waals surface area contributed by atoms with Crippen molar-refractivity contribution in [2.24, 2.45) is 4.99 Å². The van der Waals surface area contributed by atoms with E-state index in [1.54, 1.807) is 18.2 Å². The Morgan fingerprint density at radius 2 is 2.27 bits per heavy atom. The zero-order valence-electron chi connectivity index (χ0n) is 6.03. The van der Waals surface area contributed by atoms with Gasteiger partial charge in [-0.1, -0.05) is 0 Å². The van der Waals surface area contributed by atoms with Gasteiger partial charge < -0.3 is 5.11 Å². The van der Waals surface area contributed by atoms with Crippen molar-refractivity contribution in [3.8, 4) is 5.75 Å². The summed E-state index contributed by atoms with van der Waals surface area (Å²) in [6.07, 6.45) is 0. The Balaban J connectivity index is 3.19. The molecule has 2 nitrogen and oxygen atoms in total. The highest BCUT2D eigenvalue weighted by molar-refractivity contribution is 7.78. The predicted molar refractivity (Wildman–Crippen MR) is 47.5 cm³/mol. The fourth-order valence-electron chi connectivity index (χ4n) is 0.814. The molecule has 0 bridgehead atoms. The van der Waals surface area contributed by atoms with Crippen molar-refractivity contribution in [1.29, 1.82) is 0 Å². The van der Waals surface area contributed by atoms with Crippen LogP contribution in [0.15, 0.2) is 23.2 Å². The first kappa shape index (κ1) is 7.92. The van der Waals surface area contributed by atoms with Gasteiger partial charge in [0.15, 0.2) is 0 Å². The van der Waals surface area contributed by atoms with Gasteiger partial charge in [0.2, 0.25) is 0 Å². The van der Waals surface area contributed by atoms with E-state index < -0.39 is 0 Å². The Labute approximate surface area is 70.2 Å². The first-order chi connectivity index (χ1) is 5.24. The molecular weight excluding hydrogens is 158 g/mol. The van der Waals surface area contributed by atoms with E-state index in [2.05, 4.69) is 22.4 Å². The van der Waals surface area contributed by atoms with Crippen LogP contribution in [0.3, 0.4) is 0 Å². The third-order valence-electron chi connectivity index (χ3n) is 1.35. The van der Waals surface area contributed by atoms with E-state index in [-0.39, 0.29) is 5.75 Å². The van der Waals surface area contributed by atoms with E-state index in [1.807, 2.05) is 6.92 Å². The number of aromatic hydroxyl groups is 1. The van der Waals surface area contributed by atoms with Crippen molar-refractivity contribution < 1.29 is 5.11 Å². The summed E-state index contributed by atoms with van der Waals surface area (Å²) in [6, 6.07) is 4.90. The lowest BCUT2D eigenvalue weighted by Gasteiger charge is -1.97. The van der Waals surface area contributed by atoms with E-state index in [1.165, 1.54) is 0 Å². The van der Waals surface area contributed by atoms with E-state index in [9.17, 15) is 0 Å². The van der Waals surface area contributed by atoms with E-state index in [4.69, 9.17) is 5.11 Å². The smallest absolute Gasteiger partial charge is 0.115 e. The molecule has 1 rings (SSSR count). The van der Waals surface area contributed by atoms with Crippen LogP contribution in [0.4, 0.5) is 5.69 Å². The van der Waals surface area contributed by atoms with Crippen molar-refractivity contribution in [2.75, 3.05) is 0 Å². The molecule has 1 N–H and O–H groups in total. The molecule has 0 amide bonds. The third kappa shape index (κ3) is 1.87. The maximum atomic E-state index is 9.02. The molecule has 0 spiro atoms. The maximum Gasteiger partial charge on any atom is 0.115 e. The van der Waals surface area contributed by atoms with E-state index >= 15 is 0 Å². The zero-order valence-corrected chi connectivity index (χ0v) is 6.85. The topological polar surface area (TPSA) is 32.6 Å². The van der Waals surface area contributed by atoms with Gasteiger partial charge in [-0.25, -0.2) is 0 Å². The monoisotopic (exact) mass is 165 g/mol. The van der Waals surface area contributed by atoms with Gasteiger partial charge in [0.05, 0.1) is 10.8 Å². The highest BCUT2D eigenvalue weighted by Crippen LogP contribution is 2.21. The van der Waals surface area contributed by atoms with Gasteiger partial charge in [0.1, 0.15) is 5.75 Å². The number of thiocarbonyl (C=S) groups is 1. The summed E-state index contributed by atoms with van der Waals surface area (Å²) in [5.74, 6) is 0.241. The number of rotatable bonds is 1. The quantitative estimate of drug-likeness (QED) is 0.512. The molecule has 1 aromatic carbocycles. The standard InChI is InChI=1S/C8H7NOS/c1-6-4-7(10)2-3-8(6)9-5-11/h2-4,10H,1H3. The van der Waals surface area contributed by atoms with Gasteiger partial charge in [-0.2, -0.15) is 4.99 Å². The van der Waals surface area contributed by atoms with Crippen LogP contribution in [0.25, 0.3) is 0 Å². The Bertz CT molecular complexity index is 316. The lowest BCUT2D eigenvalue weighted by Crippen LogP contribution is -1.72. The molecule has 0 fully saturated rings. The van der Waals surface area contributed by atoms with Crippen molar-refractivity contribution in [1.82, 2.24) is 0 Å². The average Bonchev–Trinajstić information content (AvgIpc) is 1.95. The Morgan fingerprint density at radius 3 is 2.82 bits per heavy atom. The highest BCUT2D eigenvalue weighted by atomic mass is 32.1. The van der Waals surface area contributed by atoms with Gasteiger partial charge >= 0.3 is 0 Å². The molecule has 0 aromatic heterocycles. The second kappa shape index (κ2) is 3.28. The van der Waals surface area contributed by atoms with Crippen LogP contribution in [0.5, 0.6) is 5.75 Å². The van der Waals surface area contributed by atoms with E-state index in [0.29, 0.717) is 0 Å². The number of phenols is 1. The Hall–Kier alpha value is -1.18. The molecule has 3 heteroatoms. The third-order valence-corrected chi connectivity index (χ3v) is 1.44. The van der Waals surface area contributed by atoms with Gasteiger partial charge in [-0.15, -0.1) is 0 Å². The minimum Gasteiger partial charge on any atom is -0.508 e. The van der Waals surface area contributed by atoms with Gasteiger partial charge in [0, 0.05) is 0 Å². The number of benzene rings is 1. The van der Waals surface area contributed by atoms with E-state index in [0.717, 1.165) is 11.3 Å². The summed E-state index contributed by atoms with van der Waals surface area (Å²) in [6.45, 7) is 1.85. The Morgan fingerprint density at radius 1 is 1.55 bits per heavy atom. The lowest BCUT2D eigenvalue weighted by atomic mass is 10.2. The molecule has 0 saturated carbocycles. The molecule has 56 valence electrons. The van der Waals surface area contributed by atoms with Gasteiger partial charge in [-0.3, -0.25) is 0 Å². The van der Waals surface area contributed by atoms with Gasteiger partial charge in [0.25, 0.3) is 0 Å². The second-order valence-corrected chi connectivity index (χ2v) is 2.36.